The minimum absolute atomic E-state index is 0.206. The van der Waals surface area contributed by atoms with E-state index in [4.69, 9.17) is 9.47 Å². The molecule has 3 aromatic carbocycles. The molecule has 41 heavy (non-hydrogen) atoms. The second kappa shape index (κ2) is 13.6. The molecule has 2 heterocycles. The predicted octanol–water partition coefficient (Wildman–Crippen LogP) is 4.78. The van der Waals surface area contributed by atoms with Crippen molar-refractivity contribution in [2.24, 2.45) is 0 Å². The van der Waals surface area contributed by atoms with E-state index in [1.165, 1.54) is 30.6 Å². The average Bonchev–Trinajstić information content (AvgIpc) is 3.41. The number of rotatable bonds is 11. The zero-order valence-electron chi connectivity index (χ0n) is 22.6. The van der Waals surface area contributed by atoms with E-state index in [0.717, 1.165) is 30.1 Å². The van der Waals surface area contributed by atoms with Gasteiger partial charge >= 0.3 is 0 Å². The van der Waals surface area contributed by atoms with Crippen LogP contribution in [0.25, 0.3) is 10.2 Å². The number of hydrogen-bond donors (Lipinski definition) is 3. The molecule has 0 aliphatic carbocycles. The number of hydrogen-bond acceptors (Lipinski definition) is 9. The van der Waals surface area contributed by atoms with Gasteiger partial charge in [-0.05, 0) is 85.6 Å². The third-order valence-electron chi connectivity index (χ3n) is 7.06. The summed E-state index contributed by atoms with van der Waals surface area (Å²) in [5.74, 6) is 0.787. The molecule has 1 atom stereocenters. The molecular weight excluding hydrogens is 540 g/mol. The molecule has 1 aliphatic rings. The summed E-state index contributed by atoms with van der Waals surface area (Å²) in [6.45, 7) is 3.33. The maximum absolute atomic E-state index is 13.5. The van der Waals surface area contributed by atoms with Gasteiger partial charge in [0.1, 0.15) is 18.1 Å². The van der Waals surface area contributed by atoms with Crippen molar-refractivity contribution >= 4 is 32.6 Å². The number of aliphatic hydroxyl groups is 2. The lowest BCUT2D eigenvalue weighted by molar-refractivity contribution is -0.123. The SMILES string of the molecule is N#Cc1ccc(C(Oc2ccc(OCCN3CCCCC3)cc2)C(=O)Nc2nc3cc(CO)c(CO)cc3s2)cc1. The zero-order chi connectivity index (χ0) is 28.6. The van der Waals surface area contributed by atoms with Crippen LogP contribution >= 0.6 is 11.3 Å². The Balaban J connectivity index is 1.30. The summed E-state index contributed by atoms with van der Waals surface area (Å²) in [5.41, 5.74) is 2.86. The molecule has 10 heteroatoms. The van der Waals surface area contributed by atoms with E-state index >= 15 is 0 Å². The van der Waals surface area contributed by atoms with Crippen LogP contribution in [0.2, 0.25) is 0 Å². The first-order valence-electron chi connectivity index (χ1n) is 13.6. The van der Waals surface area contributed by atoms with Crippen LogP contribution in [0.1, 0.15) is 47.6 Å². The van der Waals surface area contributed by atoms with Gasteiger partial charge in [0, 0.05) is 12.1 Å². The maximum Gasteiger partial charge on any atom is 0.271 e. The van der Waals surface area contributed by atoms with Crippen molar-refractivity contribution in [2.75, 3.05) is 31.6 Å². The molecule has 0 spiro atoms. The highest BCUT2D eigenvalue weighted by Gasteiger charge is 2.24. The Morgan fingerprint density at radius 2 is 1.68 bits per heavy atom. The van der Waals surface area contributed by atoms with Crippen molar-refractivity contribution in [3.05, 3.63) is 82.9 Å². The minimum Gasteiger partial charge on any atom is -0.492 e. The van der Waals surface area contributed by atoms with Crippen LogP contribution in [0.3, 0.4) is 0 Å². The number of nitrogens with one attached hydrogen (secondary N) is 1. The summed E-state index contributed by atoms with van der Waals surface area (Å²) in [4.78, 5) is 20.4. The van der Waals surface area contributed by atoms with Crippen molar-refractivity contribution in [1.82, 2.24) is 9.88 Å². The van der Waals surface area contributed by atoms with Gasteiger partial charge in [0.05, 0.1) is 35.1 Å². The standard InChI is InChI=1S/C31H32N4O5S/c32-18-21-4-6-22(7-5-21)29(30(38)34-31-33-27-16-23(19-36)24(20-37)17-28(27)41-31)40-26-10-8-25(9-11-26)39-15-14-35-12-2-1-3-13-35/h4-11,16-17,29,36-37H,1-3,12-15,19-20H2,(H,33,34,38). The van der Waals surface area contributed by atoms with Gasteiger partial charge in [0.25, 0.3) is 5.91 Å². The lowest BCUT2D eigenvalue weighted by Crippen LogP contribution is -2.33. The van der Waals surface area contributed by atoms with Crippen LogP contribution in [-0.4, -0.2) is 52.2 Å². The lowest BCUT2D eigenvalue weighted by atomic mass is 10.1. The van der Waals surface area contributed by atoms with Crippen molar-refractivity contribution in [2.45, 2.75) is 38.6 Å². The number of piperidine rings is 1. The summed E-state index contributed by atoms with van der Waals surface area (Å²) >= 11 is 1.26. The topological polar surface area (TPSA) is 128 Å². The molecule has 1 aliphatic heterocycles. The van der Waals surface area contributed by atoms with Crippen molar-refractivity contribution < 1.29 is 24.5 Å². The monoisotopic (exact) mass is 572 g/mol. The second-order valence-electron chi connectivity index (χ2n) is 9.87. The highest BCUT2D eigenvalue weighted by atomic mass is 32.1. The molecule has 1 unspecified atom stereocenters. The number of carbonyl (C=O) groups excluding carboxylic acids is 1. The van der Waals surface area contributed by atoms with Gasteiger partial charge in [-0.3, -0.25) is 15.0 Å². The maximum atomic E-state index is 13.5. The molecule has 4 aromatic rings. The third-order valence-corrected chi connectivity index (χ3v) is 8.00. The van der Waals surface area contributed by atoms with Gasteiger partial charge in [0.2, 0.25) is 6.10 Å². The number of carbonyl (C=O) groups is 1. The van der Waals surface area contributed by atoms with Crippen LogP contribution in [0.4, 0.5) is 5.13 Å². The Hall–Kier alpha value is -4.01. The van der Waals surface area contributed by atoms with Gasteiger partial charge in [0.15, 0.2) is 5.13 Å². The average molecular weight is 573 g/mol. The smallest absolute Gasteiger partial charge is 0.271 e. The summed E-state index contributed by atoms with van der Waals surface area (Å²) in [7, 11) is 0. The van der Waals surface area contributed by atoms with Crippen molar-refractivity contribution in [3.8, 4) is 17.6 Å². The molecular formula is C31H32N4O5S. The Bertz CT molecular complexity index is 1470. The summed E-state index contributed by atoms with van der Waals surface area (Å²) in [6, 6.07) is 19.4. The quantitative estimate of drug-likeness (QED) is 0.234. The lowest BCUT2D eigenvalue weighted by Gasteiger charge is -2.26. The molecule has 1 aromatic heterocycles. The Morgan fingerprint density at radius 1 is 1.00 bits per heavy atom. The van der Waals surface area contributed by atoms with E-state index in [1.54, 1.807) is 48.5 Å². The van der Waals surface area contributed by atoms with E-state index in [0.29, 0.717) is 45.3 Å². The highest BCUT2D eigenvalue weighted by molar-refractivity contribution is 7.22. The van der Waals surface area contributed by atoms with Gasteiger partial charge in [-0.15, -0.1) is 0 Å². The van der Waals surface area contributed by atoms with Crippen LogP contribution < -0.4 is 14.8 Å². The van der Waals surface area contributed by atoms with Crippen molar-refractivity contribution in [3.63, 3.8) is 0 Å². The number of aliphatic hydroxyl groups excluding tert-OH is 2. The van der Waals surface area contributed by atoms with E-state index in [-0.39, 0.29) is 13.2 Å². The second-order valence-corrected chi connectivity index (χ2v) is 10.9. The molecule has 212 valence electrons. The molecule has 9 nitrogen and oxygen atoms in total. The van der Waals surface area contributed by atoms with Gasteiger partial charge < -0.3 is 19.7 Å². The molecule has 0 saturated carbocycles. The number of thiazole rings is 1. The van der Waals surface area contributed by atoms with Gasteiger partial charge in [-0.25, -0.2) is 4.98 Å². The molecule has 0 radical (unpaired) electrons. The fourth-order valence-corrected chi connectivity index (χ4v) is 5.72. The Labute approximate surface area is 242 Å². The fraction of sp³-hybridized carbons (Fsp3) is 0.323. The van der Waals surface area contributed by atoms with Crippen LogP contribution in [-0.2, 0) is 18.0 Å². The minimum atomic E-state index is -1.01. The number of anilines is 1. The zero-order valence-corrected chi connectivity index (χ0v) is 23.4. The largest absolute Gasteiger partial charge is 0.492 e. The first kappa shape index (κ1) is 28.5. The summed E-state index contributed by atoms with van der Waals surface area (Å²) < 4.78 is 12.9. The van der Waals surface area contributed by atoms with E-state index in [1.807, 2.05) is 12.1 Å². The van der Waals surface area contributed by atoms with Crippen LogP contribution in [0.5, 0.6) is 11.5 Å². The normalized spacial score (nSPS) is 14.4. The van der Waals surface area contributed by atoms with E-state index < -0.39 is 12.0 Å². The van der Waals surface area contributed by atoms with E-state index in [9.17, 15) is 20.3 Å². The molecule has 3 N–H and O–H groups in total. The summed E-state index contributed by atoms with van der Waals surface area (Å²) in [5, 5.41) is 31.6. The molecule has 1 amide bonds. The number of fused-ring (bicyclic) bond motifs is 1. The fourth-order valence-electron chi connectivity index (χ4n) is 4.81. The Morgan fingerprint density at radius 3 is 2.37 bits per heavy atom. The first-order valence-corrected chi connectivity index (χ1v) is 14.4. The first-order chi connectivity index (χ1) is 20.1. The molecule has 1 saturated heterocycles. The van der Waals surface area contributed by atoms with Crippen LogP contribution in [0.15, 0.2) is 60.7 Å². The van der Waals surface area contributed by atoms with Crippen LogP contribution in [0, 0.1) is 11.3 Å². The number of aromatic nitrogens is 1. The van der Waals surface area contributed by atoms with E-state index in [2.05, 4.69) is 21.3 Å². The molecule has 1 fully saturated rings. The predicted molar refractivity (Wildman–Crippen MR) is 157 cm³/mol. The third kappa shape index (κ3) is 7.20. The number of nitrogens with zero attached hydrogens (tertiary/aromatic N) is 3. The number of benzene rings is 3. The van der Waals surface area contributed by atoms with Gasteiger partial charge in [-0.1, -0.05) is 29.9 Å². The Kier molecular flexibility index (Phi) is 9.44. The number of nitriles is 1. The molecule has 5 rings (SSSR count). The summed E-state index contributed by atoms with van der Waals surface area (Å²) in [6.07, 6.45) is 2.78. The van der Waals surface area contributed by atoms with Crippen molar-refractivity contribution in [1.29, 1.82) is 5.26 Å². The number of amides is 1. The number of likely N-dealkylation sites (tertiary alicyclic amines) is 1. The molecule has 0 bridgehead atoms. The van der Waals surface area contributed by atoms with Gasteiger partial charge in [-0.2, -0.15) is 5.26 Å². The highest BCUT2D eigenvalue weighted by Crippen LogP contribution is 2.31. The number of ether oxygens (including phenoxy) is 2.